The zero-order valence-electron chi connectivity index (χ0n) is 18.1. The van der Waals surface area contributed by atoms with E-state index in [-0.39, 0.29) is 30.3 Å². The number of amides is 1. The van der Waals surface area contributed by atoms with E-state index < -0.39 is 0 Å². The summed E-state index contributed by atoms with van der Waals surface area (Å²) in [6, 6.07) is 6.10. The number of ketones is 1. The third-order valence-electron chi connectivity index (χ3n) is 5.54. The molecule has 0 saturated carbocycles. The van der Waals surface area contributed by atoms with Gasteiger partial charge in [-0.3, -0.25) is 9.78 Å². The van der Waals surface area contributed by atoms with Crippen LogP contribution >= 0.6 is 11.3 Å². The first-order chi connectivity index (χ1) is 14.9. The fraction of sp³-hybridized carbons (Fsp3) is 0.417. The first kappa shape index (κ1) is 22.7. The molecule has 3 rings (SSSR count). The summed E-state index contributed by atoms with van der Waals surface area (Å²) >= 11 is 1.55. The Balaban J connectivity index is 1.63. The van der Waals surface area contributed by atoms with Gasteiger partial charge in [0.2, 0.25) is 0 Å². The zero-order valence-corrected chi connectivity index (χ0v) is 18.9. The molecule has 1 unspecified atom stereocenters. The van der Waals surface area contributed by atoms with Gasteiger partial charge in [-0.2, -0.15) is 5.26 Å². The molecule has 162 valence electrons. The van der Waals surface area contributed by atoms with E-state index in [0.29, 0.717) is 12.2 Å². The number of carbonyl (C=O) groups excluding carboxylic acids is 2. The normalized spacial score (nSPS) is 15.5. The number of allylic oxidation sites excluding steroid dienone is 1. The Morgan fingerprint density at radius 1 is 1.45 bits per heavy atom. The molecule has 6 nitrogen and oxygen atoms in total. The van der Waals surface area contributed by atoms with E-state index in [0.717, 1.165) is 40.1 Å². The monoisotopic (exact) mass is 437 g/mol. The molecule has 0 bridgehead atoms. The van der Waals surface area contributed by atoms with Gasteiger partial charge in [-0.1, -0.05) is 6.07 Å². The van der Waals surface area contributed by atoms with Crippen LogP contribution in [0.25, 0.3) is 6.08 Å². The smallest absolute Gasteiger partial charge is 0.409 e. The number of nitrogens with zero attached hydrogens (tertiary/aromatic N) is 3. The number of ether oxygens (including phenoxy) is 1. The van der Waals surface area contributed by atoms with Crippen LogP contribution in [-0.2, 0) is 28.8 Å². The van der Waals surface area contributed by atoms with Crippen molar-refractivity contribution in [2.24, 2.45) is 5.92 Å². The lowest BCUT2D eigenvalue weighted by molar-refractivity contribution is -0.113. The summed E-state index contributed by atoms with van der Waals surface area (Å²) in [5.41, 5.74) is 2.58. The topological polar surface area (TPSA) is 83.3 Å². The SMILES string of the molecule is CC(C)N(C)C(=O)OCC1CCc2c(sc(CC(=O)/C=C/c3cccnc3)c2C#N)C1. The average Bonchev–Trinajstić information content (AvgIpc) is 3.12. The van der Waals surface area contributed by atoms with Gasteiger partial charge in [0, 0.05) is 41.7 Å². The Labute approximate surface area is 187 Å². The minimum atomic E-state index is -0.309. The van der Waals surface area contributed by atoms with E-state index in [1.54, 1.807) is 47.8 Å². The van der Waals surface area contributed by atoms with Crippen molar-refractivity contribution >= 4 is 29.3 Å². The number of carbonyl (C=O) groups is 2. The predicted molar refractivity (Wildman–Crippen MR) is 121 cm³/mol. The molecular formula is C24H27N3O3S. The molecule has 0 aliphatic heterocycles. The van der Waals surface area contributed by atoms with Crippen molar-refractivity contribution in [1.29, 1.82) is 5.26 Å². The van der Waals surface area contributed by atoms with Crippen LogP contribution in [0.5, 0.6) is 0 Å². The fourth-order valence-electron chi connectivity index (χ4n) is 3.49. The van der Waals surface area contributed by atoms with E-state index in [4.69, 9.17) is 4.74 Å². The fourth-order valence-corrected chi connectivity index (χ4v) is 4.92. The minimum absolute atomic E-state index is 0.0406. The van der Waals surface area contributed by atoms with Crippen LogP contribution in [0.15, 0.2) is 30.6 Å². The van der Waals surface area contributed by atoms with Gasteiger partial charge in [-0.25, -0.2) is 4.79 Å². The number of pyridine rings is 1. The van der Waals surface area contributed by atoms with Gasteiger partial charge in [0.1, 0.15) is 6.07 Å². The van der Waals surface area contributed by atoms with Crippen LogP contribution in [0.1, 0.15) is 46.7 Å². The van der Waals surface area contributed by atoms with Crippen molar-refractivity contribution in [2.75, 3.05) is 13.7 Å². The van der Waals surface area contributed by atoms with Gasteiger partial charge in [-0.15, -0.1) is 11.3 Å². The highest BCUT2D eigenvalue weighted by Gasteiger charge is 2.27. The van der Waals surface area contributed by atoms with E-state index >= 15 is 0 Å². The van der Waals surface area contributed by atoms with Gasteiger partial charge in [0.15, 0.2) is 5.78 Å². The second-order valence-electron chi connectivity index (χ2n) is 8.07. The number of hydrogen-bond acceptors (Lipinski definition) is 6. The second kappa shape index (κ2) is 10.4. The maximum absolute atomic E-state index is 12.5. The Hall–Kier alpha value is -2.98. The van der Waals surface area contributed by atoms with Crippen LogP contribution < -0.4 is 0 Å². The first-order valence-corrected chi connectivity index (χ1v) is 11.2. The van der Waals surface area contributed by atoms with Crippen LogP contribution in [0, 0.1) is 17.2 Å². The van der Waals surface area contributed by atoms with Gasteiger partial charge >= 0.3 is 6.09 Å². The van der Waals surface area contributed by atoms with E-state index in [9.17, 15) is 14.9 Å². The number of aromatic nitrogens is 1. The molecule has 0 spiro atoms. The van der Waals surface area contributed by atoms with Crippen molar-refractivity contribution in [3.8, 4) is 6.07 Å². The second-order valence-corrected chi connectivity index (χ2v) is 9.26. The van der Waals surface area contributed by atoms with E-state index in [1.807, 2.05) is 26.0 Å². The molecule has 2 aromatic rings. The summed E-state index contributed by atoms with van der Waals surface area (Å²) in [7, 11) is 1.73. The number of fused-ring (bicyclic) bond motifs is 1. The lowest BCUT2D eigenvalue weighted by Crippen LogP contribution is -2.35. The molecule has 31 heavy (non-hydrogen) atoms. The van der Waals surface area contributed by atoms with Crippen molar-refractivity contribution < 1.29 is 14.3 Å². The Kier molecular flexibility index (Phi) is 7.59. The summed E-state index contributed by atoms with van der Waals surface area (Å²) < 4.78 is 5.48. The summed E-state index contributed by atoms with van der Waals surface area (Å²) in [4.78, 5) is 32.1. The number of hydrogen-bond donors (Lipinski definition) is 0. The molecule has 0 aromatic carbocycles. The molecule has 0 saturated heterocycles. The maximum Gasteiger partial charge on any atom is 0.409 e. The van der Waals surface area contributed by atoms with Gasteiger partial charge in [-0.05, 0) is 68.4 Å². The standard InChI is InChI=1S/C24H27N3O3S/c1-16(2)27(3)24(29)30-15-18-7-9-20-21(13-25)23(31-22(20)11-18)12-19(28)8-6-17-5-4-10-26-14-17/h4-6,8,10,14,16,18H,7,9,11-12,15H2,1-3H3/b8-6+. The van der Waals surface area contributed by atoms with Gasteiger partial charge in [0.05, 0.1) is 12.2 Å². The highest BCUT2D eigenvalue weighted by Crippen LogP contribution is 2.36. The molecule has 1 amide bonds. The molecule has 2 aromatic heterocycles. The molecule has 1 aliphatic rings. The van der Waals surface area contributed by atoms with E-state index in [2.05, 4.69) is 11.1 Å². The minimum Gasteiger partial charge on any atom is -0.449 e. The average molecular weight is 438 g/mol. The van der Waals surface area contributed by atoms with Crippen LogP contribution in [0.2, 0.25) is 0 Å². The largest absolute Gasteiger partial charge is 0.449 e. The highest BCUT2D eigenvalue weighted by atomic mass is 32.1. The van der Waals surface area contributed by atoms with Gasteiger partial charge in [0.25, 0.3) is 0 Å². The van der Waals surface area contributed by atoms with Crippen molar-refractivity contribution in [2.45, 2.75) is 45.6 Å². The van der Waals surface area contributed by atoms with Crippen molar-refractivity contribution in [3.05, 3.63) is 57.0 Å². The van der Waals surface area contributed by atoms with Crippen LogP contribution in [0.3, 0.4) is 0 Å². The first-order valence-electron chi connectivity index (χ1n) is 10.4. The molecule has 0 radical (unpaired) electrons. The molecule has 7 heteroatoms. The van der Waals surface area contributed by atoms with Crippen LogP contribution in [0.4, 0.5) is 4.79 Å². The van der Waals surface area contributed by atoms with Crippen molar-refractivity contribution in [3.63, 3.8) is 0 Å². The summed E-state index contributed by atoms with van der Waals surface area (Å²) in [5, 5.41) is 9.68. The highest BCUT2D eigenvalue weighted by molar-refractivity contribution is 7.12. The summed E-state index contributed by atoms with van der Waals surface area (Å²) in [6.45, 7) is 4.26. The molecule has 0 N–H and O–H groups in total. The third-order valence-corrected chi connectivity index (χ3v) is 6.79. The van der Waals surface area contributed by atoms with E-state index in [1.165, 1.54) is 0 Å². The Morgan fingerprint density at radius 3 is 2.94 bits per heavy atom. The maximum atomic E-state index is 12.5. The lowest BCUT2D eigenvalue weighted by atomic mass is 9.87. The summed E-state index contributed by atoms with van der Waals surface area (Å²) in [5.74, 6) is 0.192. The zero-order chi connectivity index (χ0) is 22.4. The quantitative estimate of drug-likeness (QED) is 0.599. The van der Waals surface area contributed by atoms with Gasteiger partial charge < -0.3 is 9.64 Å². The Bertz CT molecular complexity index is 1010. The van der Waals surface area contributed by atoms with Crippen molar-refractivity contribution in [1.82, 2.24) is 9.88 Å². The number of thiophene rings is 1. The Morgan fingerprint density at radius 2 is 2.26 bits per heavy atom. The molecule has 2 heterocycles. The predicted octanol–water partition coefficient (Wildman–Crippen LogP) is 4.42. The molecule has 1 atom stereocenters. The molecule has 1 aliphatic carbocycles. The number of nitriles is 1. The molecular weight excluding hydrogens is 410 g/mol. The van der Waals surface area contributed by atoms with Crippen LogP contribution in [-0.4, -0.2) is 41.5 Å². The molecule has 0 fully saturated rings. The number of rotatable bonds is 7. The summed E-state index contributed by atoms with van der Waals surface area (Å²) in [6.07, 6.45) is 8.99. The lowest BCUT2D eigenvalue weighted by Gasteiger charge is -2.25. The third kappa shape index (κ3) is 5.80.